The van der Waals surface area contributed by atoms with Crippen LogP contribution in [0.15, 0.2) is 30.0 Å². The van der Waals surface area contributed by atoms with E-state index in [0.717, 1.165) is 18.2 Å². The summed E-state index contributed by atoms with van der Waals surface area (Å²) in [4.78, 5) is 0. The number of aromatic hydroxyl groups is 5. The minimum absolute atomic E-state index is 0.0516. The molecule has 0 aliphatic carbocycles. The summed E-state index contributed by atoms with van der Waals surface area (Å²) in [7, 11) is 0. The van der Waals surface area contributed by atoms with Crippen LogP contribution in [-0.2, 0) is 4.74 Å². The zero-order valence-electron chi connectivity index (χ0n) is 16.8. The van der Waals surface area contributed by atoms with Gasteiger partial charge in [0.25, 0.3) is 11.9 Å². The summed E-state index contributed by atoms with van der Waals surface area (Å²) < 4.78 is 15.1. The lowest BCUT2D eigenvalue weighted by molar-refractivity contribution is -0.277. The van der Waals surface area contributed by atoms with E-state index in [0.29, 0.717) is 0 Å². The van der Waals surface area contributed by atoms with Gasteiger partial charge in [0.15, 0.2) is 23.0 Å². The Balaban J connectivity index is 1.63. The molecule has 33 heavy (non-hydrogen) atoms. The number of hydrogen-bond donors (Lipinski definition) is 9. The lowest BCUT2D eigenvalue weighted by atomic mass is 9.99. The number of phenolic OH excluding ortho intramolecular Hbond substituents is 4. The Morgan fingerprint density at radius 2 is 1.52 bits per heavy atom. The fourth-order valence-electron chi connectivity index (χ4n) is 3.68. The molecule has 2 aliphatic heterocycles. The molecular formula is C21H23O12+. The van der Waals surface area contributed by atoms with Gasteiger partial charge < -0.3 is 60.2 Å². The number of rotatable bonds is 4. The third-order valence-corrected chi connectivity index (χ3v) is 5.46. The molecule has 12 nitrogen and oxygen atoms in total. The Morgan fingerprint density at radius 3 is 2.15 bits per heavy atom. The van der Waals surface area contributed by atoms with Crippen LogP contribution in [0.2, 0.25) is 0 Å². The van der Waals surface area contributed by atoms with Crippen molar-refractivity contribution in [2.24, 2.45) is 0 Å². The summed E-state index contributed by atoms with van der Waals surface area (Å²) >= 11 is 0. The lowest BCUT2D eigenvalue weighted by Crippen LogP contribution is -2.60. The van der Waals surface area contributed by atoms with Crippen LogP contribution in [0, 0.1) is 0 Å². The van der Waals surface area contributed by atoms with E-state index in [1.165, 1.54) is 12.1 Å². The molecule has 12 heteroatoms. The summed E-state index contributed by atoms with van der Waals surface area (Å²) in [6.45, 7) is -0.645. The van der Waals surface area contributed by atoms with Crippen LogP contribution in [0.25, 0.3) is 6.08 Å². The fourth-order valence-corrected chi connectivity index (χ4v) is 3.68. The number of ether oxygens (including phenoxy) is 3. The molecule has 4 rings (SSSR count). The van der Waals surface area contributed by atoms with E-state index in [1.54, 1.807) is 0 Å². The normalized spacial score (nSPS) is 29.0. The average molecular weight is 467 g/mol. The number of benzene rings is 2. The topological polar surface area (TPSA) is 213 Å². The van der Waals surface area contributed by atoms with Crippen LogP contribution >= 0.6 is 0 Å². The molecule has 0 aromatic heterocycles. The minimum atomic E-state index is -1.67. The van der Waals surface area contributed by atoms with Crippen molar-refractivity contribution in [3.05, 3.63) is 41.2 Å². The van der Waals surface area contributed by atoms with Crippen LogP contribution in [-0.4, -0.2) is 88.0 Å². The predicted octanol–water partition coefficient (Wildman–Crippen LogP) is -0.417. The van der Waals surface area contributed by atoms with Gasteiger partial charge in [0.2, 0.25) is 6.29 Å². The van der Waals surface area contributed by atoms with Crippen LogP contribution in [0.5, 0.6) is 34.5 Å². The van der Waals surface area contributed by atoms with Gasteiger partial charge in [-0.05, 0) is 12.1 Å². The van der Waals surface area contributed by atoms with Crippen molar-refractivity contribution in [3.63, 3.8) is 0 Å². The molecule has 6 atom stereocenters. The van der Waals surface area contributed by atoms with Gasteiger partial charge in [-0.25, -0.2) is 0 Å². The van der Waals surface area contributed by atoms with Crippen molar-refractivity contribution >= 4 is 6.08 Å². The second kappa shape index (κ2) is 8.50. The molecule has 178 valence electrons. The Kier molecular flexibility index (Phi) is 5.86. The third kappa shape index (κ3) is 4.05. The first-order valence-electron chi connectivity index (χ1n) is 9.81. The highest BCUT2D eigenvalue weighted by atomic mass is 16.7. The predicted molar refractivity (Wildman–Crippen MR) is 109 cm³/mol. The van der Waals surface area contributed by atoms with E-state index in [-0.39, 0.29) is 34.1 Å². The van der Waals surface area contributed by atoms with Gasteiger partial charge in [-0.1, -0.05) is 0 Å². The maximum absolute atomic E-state index is 10.4. The standard InChI is InChI=1S/C21H22O12/c22-6-15-17(28)18(29)19(30)21(33-15)31-8-3-10(23)9-5-13(26)20(32-14(9)4-8)7-1-11(24)16(27)12(25)2-7/h1-5,15,17-30H,6H2/p+1/t15-,17+,18+,19-,20?,21-/m1/s1. The maximum atomic E-state index is 10.4. The first kappa shape index (κ1) is 22.8. The molecule has 1 saturated heterocycles. The highest BCUT2D eigenvalue weighted by Gasteiger charge is 2.45. The molecule has 10 N–H and O–H groups in total. The first-order chi connectivity index (χ1) is 15.6. The Hall–Kier alpha value is -3.42. The molecule has 0 saturated carbocycles. The van der Waals surface area contributed by atoms with Gasteiger partial charge >= 0.3 is 0 Å². The first-order valence-corrected chi connectivity index (χ1v) is 9.81. The Labute approximate surface area is 186 Å². The molecule has 0 spiro atoms. The van der Waals surface area contributed by atoms with E-state index in [9.17, 15) is 46.0 Å². The van der Waals surface area contributed by atoms with Crippen LogP contribution in [0.1, 0.15) is 17.2 Å². The van der Waals surface area contributed by atoms with Crippen LogP contribution < -0.4 is 4.74 Å². The smallest absolute Gasteiger partial charge is 0.270 e. The van der Waals surface area contributed by atoms with Crippen molar-refractivity contribution in [1.82, 2.24) is 0 Å². The van der Waals surface area contributed by atoms with Crippen LogP contribution in [0.4, 0.5) is 0 Å². The number of hydrogen-bond acceptors (Lipinski definition) is 11. The SMILES string of the molecule is OC[C@H]1O[C@@H](Oc2cc(O)c3c(c2)[OH+]C(c2cc(O)c(O)c(O)c2)C(O)=C3)[C@H](O)[C@@H](O)[C@H]1O. The lowest BCUT2D eigenvalue weighted by Gasteiger charge is -2.39. The molecule has 0 bridgehead atoms. The molecule has 1 fully saturated rings. The zero-order chi connectivity index (χ0) is 24.0. The van der Waals surface area contributed by atoms with Crippen molar-refractivity contribution in [2.45, 2.75) is 36.8 Å². The van der Waals surface area contributed by atoms with E-state index >= 15 is 0 Å². The maximum Gasteiger partial charge on any atom is 0.270 e. The third-order valence-electron chi connectivity index (χ3n) is 5.46. The summed E-state index contributed by atoms with van der Waals surface area (Å²) in [5.41, 5.74) is 0.277. The quantitative estimate of drug-likeness (QED) is 0.208. The second-order valence-corrected chi connectivity index (χ2v) is 7.70. The molecule has 2 heterocycles. The summed E-state index contributed by atoms with van der Waals surface area (Å²) in [5, 5.41) is 89.1. The van der Waals surface area contributed by atoms with Crippen molar-refractivity contribution in [2.75, 3.05) is 6.61 Å². The monoisotopic (exact) mass is 467 g/mol. The molecule has 2 aromatic rings. The molecule has 2 aromatic carbocycles. The number of phenols is 4. The summed E-state index contributed by atoms with van der Waals surface area (Å²) in [6.07, 6.45) is -7.45. The molecule has 0 amide bonds. The zero-order valence-corrected chi connectivity index (χ0v) is 16.8. The summed E-state index contributed by atoms with van der Waals surface area (Å²) in [5.74, 6) is -2.56. The molecular weight excluding hydrogens is 444 g/mol. The van der Waals surface area contributed by atoms with Gasteiger partial charge in [-0.3, -0.25) is 0 Å². The highest BCUT2D eigenvalue weighted by Crippen LogP contribution is 2.46. The van der Waals surface area contributed by atoms with Gasteiger partial charge in [-0.2, -0.15) is 0 Å². The van der Waals surface area contributed by atoms with Gasteiger partial charge in [0.1, 0.15) is 41.5 Å². The second-order valence-electron chi connectivity index (χ2n) is 7.70. The van der Waals surface area contributed by atoms with Gasteiger partial charge in [-0.15, -0.1) is 0 Å². The number of aliphatic hydroxyl groups is 6. The highest BCUT2D eigenvalue weighted by molar-refractivity contribution is 5.69. The number of fused-ring (bicyclic) bond motifs is 1. The molecule has 0 radical (unpaired) electrons. The van der Waals surface area contributed by atoms with Gasteiger partial charge in [0, 0.05) is 12.1 Å². The van der Waals surface area contributed by atoms with E-state index < -0.39 is 60.7 Å². The van der Waals surface area contributed by atoms with E-state index in [4.69, 9.17) is 9.47 Å². The van der Waals surface area contributed by atoms with E-state index in [2.05, 4.69) is 4.74 Å². The Morgan fingerprint density at radius 1 is 0.848 bits per heavy atom. The minimum Gasteiger partial charge on any atom is -0.571 e. The average Bonchev–Trinajstić information content (AvgIpc) is 2.77. The van der Waals surface area contributed by atoms with E-state index in [1.807, 2.05) is 0 Å². The van der Waals surface area contributed by atoms with Crippen molar-refractivity contribution in [3.8, 4) is 34.5 Å². The van der Waals surface area contributed by atoms with Crippen molar-refractivity contribution in [1.29, 1.82) is 0 Å². The molecule has 2 aliphatic rings. The van der Waals surface area contributed by atoms with Crippen LogP contribution in [0.3, 0.4) is 0 Å². The van der Waals surface area contributed by atoms with Crippen molar-refractivity contribution < 1.29 is 60.2 Å². The van der Waals surface area contributed by atoms with Gasteiger partial charge in [0.05, 0.1) is 18.2 Å². The molecule has 1 unspecified atom stereocenters. The Bertz CT molecular complexity index is 1060. The summed E-state index contributed by atoms with van der Waals surface area (Å²) in [6, 6.07) is 4.70. The largest absolute Gasteiger partial charge is 0.571 e. The number of aliphatic hydroxyl groups excluding tert-OH is 5. The fraction of sp³-hybridized carbons (Fsp3) is 0.333.